The van der Waals surface area contributed by atoms with Crippen molar-refractivity contribution in [1.29, 1.82) is 0 Å². The van der Waals surface area contributed by atoms with Crippen LogP contribution in [0.3, 0.4) is 0 Å². The van der Waals surface area contributed by atoms with E-state index in [1.54, 1.807) is 15.8 Å². The van der Waals surface area contributed by atoms with Crippen molar-refractivity contribution in [3.05, 3.63) is 96.0 Å². The van der Waals surface area contributed by atoms with E-state index < -0.39 is 0 Å². The highest BCUT2D eigenvalue weighted by Crippen LogP contribution is 2.28. The first-order valence-corrected chi connectivity index (χ1v) is 9.36. The summed E-state index contributed by atoms with van der Waals surface area (Å²) in [6.45, 7) is 6.11. The summed E-state index contributed by atoms with van der Waals surface area (Å²) in [5.41, 5.74) is 4.02. The molecule has 1 atom stereocenters. The number of likely N-dealkylation sites (tertiary alicyclic amines) is 1. The summed E-state index contributed by atoms with van der Waals surface area (Å²) in [6.07, 6.45) is 5.41. The van der Waals surface area contributed by atoms with Crippen LogP contribution in [0, 0.1) is 11.8 Å². The van der Waals surface area contributed by atoms with Crippen molar-refractivity contribution in [1.82, 2.24) is 14.7 Å². The third-order valence-electron chi connectivity index (χ3n) is 4.96. The Kier molecular flexibility index (Phi) is 4.82. The number of nitrogens with zero attached hydrogens (tertiary/aromatic N) is 3. The van der Waals surface area contributed by atoms with Crippen LogP contribution in [0.15, 0.2) is 79.3 Å². The minimum absolute atomic E-state index is 0.0234. The first-order valence-electron chi connectivity index (χ1n) is 9.36. The predicted octanol–water partition coefficient (Wildman–Crippen LogP) is 4.41. The molecular formula is C24H21N3O. The van der Waals surface area contributed by atoms with Crippen LogP contribution in [0.25, 0.3) is 5.69 Å². The highest BCUT2D eigenvalue weighted by molar-refractivity contribution is 5.96. The molecule has 3 aromatic rings. The standard InChI is InChI=1S/C24H21N3O/c1-18-9-10-19(2)27(18)24(28)22-13-14-23(26-16-6-15-25-26)21(17-22)12-11-20-7-4-3-5-8-20/h3-8,13-17,19H,1,9-10H2,2H3. The Morgan fingerprint density at radius 2 is 1.96 bits per heavy atom. The van der Waals surface area contributed by atoms with Gasteiger partial charge in [0, 0.05) is 35.3 Å². The Labute approximate surface area is 165 Å². The molecule has 0 N–H and O–H groups in total. The average Bonchev–Trinajstić information content (AvgIpc) is 3.36. The van der Waals surface area contributed by atoms with E-state index in [0.717, 1.165) is 35.4 Å². The van der Waals surface area contributed by atoms with E-state index in [9.17, 15) is 4.79 Å². The van der Waals surface area contributed by atoms with Gasteiger partial charge in [-0.15, -0.1) is 0 Å². The zero-order valence-electron chi connectivity index (χ0n) is 15.8. The molecule has 0 saturated carbocycles. The number of allylic oxidation sites excluding steroid dienone is 1. The van der Waals surface area contributed by atoms with E-state index in [2.05, 4.69) is 30.4 Å². The van der Waals surface area contributed by atoms with Crippen LogP contribution >= 0.6 is 0 Å². The molecule has 138 valence electrons. The molecule has 4 heteroatoms. The second-order valence-corrected chi connectivity index (χ2v) is 6.93. The number of carbonyl (C=O) groups excluding carboxylic acids is 1. The van der Waals surface area contributed by atoms with Gasteiger partial charge in [-0.2, -0.15) is 5.10 Å². The van der Waals surface area contributed by atoms with Gasteiger partial charge in [-0.25, -0.2) is 4.68 Å². The van der Waals surface area contributed by atoms with Crippen LogP contribution in [0.1, 0.15) is 41.3 Å². The number of hydrogen-bond donors (Lipinski definition) is 0. The van der Waals surface area contributed by atoms with E-state index >= 15 is 0 Å². The maximum Gasteiger partial charge on any atom is 0.258 e. The summed E-state index contributed by atoms with van der Waals surface area (Å²) in [5.74, 6) is 6.38. The molecule has 1 aliphatic heterocycles. The van der Waals surface area contributed by atoms with Gasteiger partial charge in [0.25, 0.3) is 5.91 Å². The SMILES string of the molecule is C=C1CCC(C)N1C(=O)c1ccc(-n2cccn2)c(C#Cc2ccccc2)c1. The highest BCUT2D eigenvalue weighted by Gasteiger charge is 2.29. The molecule has 0 aliphatic carbocycles. The third-order valence-corrected chi connectivity index (χ3v) is 4.96. The molecule has 0 bridgehead atoms. The maximum atomic E-state index is 13.1. The Morgan fingerprint density at radius 3 is 2.64 bits per heavy atom. The zero-order valence-corrected chi connectivity index (χ0v) is 15.8. The van der Waals surface area contributed by atoms with Crippen molar-refractivity contribution in [2.45, 2.75) is 25.8 Å². The van der Waals surface area contributed by atoms with Gasteiger partial charge in [0.15, 0.2) is 0 Å². The fourth-order valence-corrected chi connectivity index (χ4v) is 3.46. The first-order chi connectivity index (χ1) is 13.6. The number of carbonyl (C=O) groups is 1. The molecule has 1 fully saturated rings. The lowest BCUT2D eigenvalue weighted by molar-refractivity contribution is 0.0787. The summed E-state index contributed by atoms with van der Waals surface area (Å²) in [5, 5.41) is 4.32. The van der Waals surface area contributed by atoms with Gasteiger partial charge in [0.1, 0.15) is 0 Å². The smallest absolute Gasteiger partial charge is 0.258 e. The maximum absolute atomic E-state index is 13.1. The molecule has 1 saturated heterocycles. The van der Waals surface area contributed by atoms with Gasteiger partial charge >= 0.3 is 0 Å². The lowest BCUT2D eigenvalue weighted by Gasteiger charge is -2.23. The van der Waals surface area contributed by atoms with Crippen LogP contribution in [0.4, 0.5) is 0 Å². The second kappa shape index (κ2) is 7.58. The molecule has 1 amide bonds. The summed E-state index contributed by atoms with van der Waals surface area (Å²) >= 11 is 0. The van der Waals surface area contributed by atoms with Crippen LogP contribution in [-0.4, -0.2) is 26.6 Å². The third kappa shape index (κ3) is 3.47. The van der Waals surface area contributed by atoms with Gasteiger partial charge in [0.05, 0.1) is 11.3 Å². The average molecular weight is 367 g/mol. The minimum Gasteiger partial charge on any atom is -0.310 e. The summed E-state index contributed by atoms with van der Waals surface area (Å²) in [7, 11) is 0. The Balaban J connectivity index is 1.76. The van der Waals surface area contributed by atoms with Crippen molar-refractivity contribution in [2.24, 2.45) is 0 Å². The van der Waals surface area contributed by atoms with Crippen LogP contribution in [0.2, 0.25) is 0 Å². The van der Waals surface area contributed by atoms with E-state index in [1.165, 1.54) is 0 Å². The first kappa shape index (κ1) is 17.8. The quantitative estimate of drug-likeness (QED) is 0.629. The summed E-state index contributed by atoms with van der Waals surface area (Å²) in [4.78, 5) is 14.9. The highest BCUT2D eigenvalue weighted by atomic mass is 16.2. The number of aromatic nitrogens is 2. The molecule has 1 unspecified atom stereocenters. The van der Waals surface area contributed by atoms with Gasteiger partial charge in [0.2, 0.25) is 0 Å². The Bertz CT molecular complexity index is 1070. The molecule has 1 aliphatic rings. The molecule has 28 heavy (non-hydrogen) atoms. The molecule has 1 aromatic heterocycles. The normalized spacial score (nSPS) is 16.0. The summed E-state index contributed by atoms with van der Waals surface area (Å²) < 4.78 is 1.76. The van der Waals surface area contributed by atoms with E-state index in [0.29, 0.717) is 5.56 Å². The van der Waals surface area contributed by atoms with Gasteiger partial charge in [-0.1, -0.05) is 36.6 Å². The number of hydrogen-bond acceptors (Lipinski definition) is 2. The number of amides is 1. The van der Waals surface area contributed by atoms with Crippen molar-refractivity contribution < 1.29 is 4.79 Å². The van der Waals surface area contributed by atoms with Crippen molar-refractivity contribution in [2.75, 3.05) is 0 Å². The largest absolute Gasteiger partial charge is 0.310 e. The van der Waals surface area contributed by atoms with Crippen LogP contribution in [-0.2, 0) is 0 Å². The molecule has 0 radical (unpaired) electrons. The number of benzene rings is 2. The topological polar surface area (TPSA) is 38.1 Å². The Morgan fingerprint density at radius 1 is 1.14 bits per heavy atom. The fraction of sp³-hybridized carbons (Fsp3) is 0.167. The van der Waals surface area contributed by atoms with E-state index in [4.69, 9.17) is 0 Å². The molecule has 0 spiro atoms. The molecule has 4 nitrogen and oxygen atoms in total. The van der Waals surface area contributed by atoms with Gasteiger partial charge in [-0.3, -0.25) is 4.79 Å². The summed E-state index contributed by atoms with van der Waals surface area (Å²) in [6, 6.07) is 17.4. The van der Waals surface area contributed by atoms with Gasteiger partial charge in [-0.05, 0) is 56.2 Å². The van der Waals surface area contributed by atoms with Crippen LogP contribution < -0.4 is 0 Å². The predicted molar refractivity (Wildman–Crippen MR) is 110 cm³/mol. The molecular weight excluding hydrogens is 346 g/mol. The second-order valence-electron chi connectivity index (χ2n) is 6.93. The lowest BCUT2D eigenvalue weighted by Crippen LogP contribution is -2.32. The fourth-order valence-electron chi connectivity index (χ4n) is 3.46. The minimum atomic E-state index is -0.0234. The molecule has 2 heterocycles. The van der Waals surface area contributed by atoms with Crippen molar-refractivity contribution >= 4 is 5.91 Å². The van der Waals surface area contributed by atoms with Gasteiger partial charge < -0.3 is 4.90 Å². The van der Waals surface area contributed by atoms with Crippen molar-refractivity contribution in [3.63, 3.8) is 0 Å². The Hall–Kier alpha value is -3.58. The molecule has 4 rings (SSSR count). The van der Waals surface area contributed by atoms with Crippen LogP contribution in [0.5, 0.6) is 0 Å². The monoisotopic (exact) mass is 367 g/mol. The van der Waals surface area contributed by atoms with Crippen molar-refractivity contribution in [3.8, 4) is 17.5 Å². The molecule has 2 aromatic carbocycles. The number of rotatable bonds is 2. The van der Waals surface area contributed by atoms with E-state index in [1.807, 2.05) is 60.8 Å². The van der Waals surface area contributed by atoms with E-state index in [-0.39, 0.29) is 11.9 Å². The lowest BCUT2D eigenvalue weighted by atomic mass is 10.1. The zero-order chi connectivity index (χ0) is 19.5.